The summed E-state index contributed by atoms with van der Waals surface area (Å²) < 4.78 is 5.10. The van der Waals surface area contributed by atoms with Gasteiger partial charge in [0.2, 0.25) is 0 Å². The molecule has 96 valence electrons. The average Bonchev–Trinajstić information content (AvgIpc) is 2.36. The van der Waals surface area contributed by atoms with Gasteiger partial charge in [0.25, 0.3) is 11.7 Å². The molecular weight excluding hydrogens is 222 g/mol. The molecular formula is C12H19NO4. The van der Waals surface area contributed by atoms with E-state index in [9.17, 15) is 14.7 Å². The lowest BCUT2D eigenvalue weighted by Gasteiger charge is -2.31. The number of hydrogen-bond donors (Lipinski definition) is 1. The number of rotatable bonds is 4. The summed E-state index contributed by atoms with van der Waals surface area (Å²) in [5.74, 6) is -1.90. The van der Waals surface area contributed by atoms with Crippen LogP contribution in [0.25, 0.3) is 0 Å². The maximum Gasteiger partial charge on any atom is 0.293 e. The standard InChI is InChI=1S/C12H19NO4/c1-4-9(2)12(3,16)10(14)11(15)13-5-7-17-8-6-13/h4,9,16H,1,5-8H2,2-3H3/t9-,12-/m1/s1. The number of nitrogens with zero attached hydrogens (tertiary/aromatic N) is 1. The van der Waals surface area contributed by atoms with Crippen molar-refractivity contribution in [3.8, 4) is 0 Å². The summed E-state index contributed by atoms with van der Waals surface area (Å²) in [6, 6.07) is 0. The first-order chi connectivity index (χ1) is 7.91. The van der Waals surface area contributed by atoms with Crippen LogP contribution in [0, 0.1) is 5.92 Å². The Labute approximate surface area is 101 Å². The molecule has 5 nitrogen and oxygen atoms in total. The third-order valence-electron chi connectivity index (χ3n) is 3.19. The molecule has 1 N–H and O–H groups in total. The number of carbonyl (C=O) groups excluding carboxylic acids is 2. The Morgan fingerprint density at radius 2 is 2.00 bits per heavy atom. The van der Waals surface area contributed by atoms with Crippen molar-refractivity contribution in [2.75, 3.05) is 26.3 Å². The molecule has 0 saturated carbocycles. The van der Waals surface area contributed by atoms with Gasteiger partial charge < -0.3 is 14.7 Å². The van der Waals surface area contributed by atoms with Crippen LogP contribution in [0.1, 0.15) is 13.8 Å². The molecule has 1 rings (SSSR count). The van der Waals surface area contributed by atoms with Crippen LogP contribution >= 0.6 is 0 Å². The molecule has 0 aromatic heterocycles. The van der Waals surface area contributed by atoms with Gasteiger partial charge in [-0.05, 0) is 6.92 Å². The van der Waals surface area contributed by atoms with Gasteiger partial charge in [-0.2, -0.15) is 0 Å². The van der Waals surface area contributed by atoms with Crippen LogP contribution < -0.4 is 0 Å². The number of carbonyl (C=O) groups is 2. The number of morpholine rings is 1. The fourth-order valence-electron chi connectivity index (χ4n) is 1.56. The van der Waals surface area contributed by atoms with Crippen molar-refractivity contribution in [2.24, 2.45) is 5.92 Å². The van der Waals surface area contributed by atoms with Crippen LogP contribution in [0.2, 0.25) is 0 Å². The second-order valence-electron chi connectivity index (χ2n) is 4.41. The summed E-state index contributed by atoms with van der Waals surface area (Å²) >= 11 is 0. The largest absolute Gasteiger partial charge is 0.381 e. The molecule has 0 unspecified atom stereocenters. The minimum absolute atomic E-state index is 0.392. The summed E-state index contributed by atoms with van der Waals surface area (Å²) in [6.45, 7) is 8.16. The summed E-state index contributed by atoms with van der Waals surface area (Å²) in [5.41, 5.74) is -1.70. The molecule has 0 aromatic rings. The van der Waals surface area contributed by atoms with Crippen LogP contribution in [-0.2, 0) is 14.3 Å². The summed E-state index contributed by atoms with van der Waals surface area (Å²) in [5, 5.41) is 10.1. The third kappa shape index (κ3) is 2.92. The lowest BCUT2D eigenvalue weighted by Crippen LogP contribution is -2.53. The second kappa shape index (κ2) is 5.42. The molecule has 1 fully saturated rings. The van der Waals surface area contributed by atoms with Crippen LogP contribution in [0.5, 0.6) is 0 Å². The molecule has 0 aromatic carbocycles. The van der Waals surface area contributed by atoms with Gasteiger partial charge in [0.15, 0.2) is 0 Å². The SMILES string of the molecule is C=C[C@@H](C)[C@@](C)(O)C(=O)C(=O)N1CCOCC1. The van der Waals surface area contributed by atoms with Crippen LogP contribution in [0.3, 0.4) is 0 Å². The van der Waals surface area contributed by atoms with E-state index in [0.29, 0.717) is 26.3 Å². The van der Waals surface area contributed by atoms with E-state index in [0.717, 1.165) is 0 Å². The first-order valence-electron chi connectivity index (χ1n) is 5.67. The van der Waals surface area contributed by atoms with Gasteiger partial charge in [-0.3, -0.25) is 9.59 Å². The number of amides is 1. The molecule has 17 heavy (non-hydrogen) atoms. The lowest BCUT2D eigenvalue weighted by molar-refractivity contribution is -0.158. The van der Waals surface area contributed by atoms with Crippen molar-refractivity contribution >= 4 is 11.7 Å². The Bertz CT molecular complexity index is 318. The molecule has 1 heterocycles. The van der Waals surface area contributed by atoms with Crippen molar-refractivity contribution in [3.63, 3.8) is 0 Å². The zero-order chi connectivity index (χ0) is 13.1. The van der Waals surface area contributed by atoms with E-state index >= 15 is 0 Å². The lowest BCUT2D eigenvalue weighted by atomic mass is 9.86. The molecule has 1 aliphatic heterocycles. The third-order valence-corrected chi connectivity index (χ3v) is 3.19. The van der Waals surface area contributed by atoms with Crippen molar-refractivity contribution < 1.29 is 19.4 Å². The van der Waals surface area contributed by atoms with E-state index in [1.165, 1.54) is 17.9 Å². The van der Waals surface area contributed by atoms with Gasteiger partial charge in [0.05, 0.1) is 13.2 Å². The summed E-state index contributed by atoms with van der Waals surface area (Å²) in [6.07, 6.45) is 1.46. The van der Waals surface area contributed by atoms with E-state index in [1.54, 1.807) is 6.92 Å². The number of hydrogen-bond acceptors (Lipinski definition) is 4. The van der Waals surface area contributed by atoms with Crippen LogP contribution in [0.4, 0.5) is 0 Å². The van der Waals surface area contributed by atoms with Crippen LogP contribution in [-0.4, -0.2) is 53.6 Å². The molecule has 1 amide bonds. The highest BCUT2D eigenvalue weighted by molar-refractivity contribution is 6.39. The van der Waals surface area contributed by atoms with Crippen molar-refractivity contribution in [1.82, 2.24) is 4.90 Å². The van der Waals surface area contributed by atoms with Gasteiger partial charge in [-0.25, -0.2) is 0 Å². The summed E-state index contributed by atoms with van der Waals surface area (Å²) in [7, 11) is 0. The fourth-order valence-corrected chi connectivity index (χ4v) is 1.56. The highest BCUT2D eigenvalue weighted by Crippen LogP contribution is 2.20. The first kappa shape index (κ1) is 13.9. The Morgan fingerprint density at radius 3 is 2.47 bits per heavy atom. The van der Waals surface area contributed by atoms with E-state index in [2.05, 4.69) is 6.58 Å². The number of ether oxygens (including phenoxy) is 1. The molecule has 0 aliphatic carbocycles. The molecule has 1 aliphatic rings. The normalized spacial score (nSPS) is 21.5. The highest BCUT2D eigenvalue weighted by atomic mass is 16.5. The predicted molar refractivity (Wildman–Crippen MR) is 62.4 cm³/mol. The van der Waals surface area contributed by atoms with Crippen LogP contribution in [0.15, 0.2) is 12.7 Å². The van der Waals surface area contributed by atoms with Crippen molar-refractivity contribution in [1.29, 1.82) is 0 Å². The van der Waals surface area contributed by atoms with Gasteiger partial charge in [-0.1, -0.05) is 13.0 Å². The molecule has 1 saturated heterocycles. The monoisotopic (exact) mass is 241 g/mol. The van der Waals surface area contributed by atoms with E-state index in [-0.39, 0.29) is 0 Å². The quantitative estimate of drug-likeness (QED) is 0.555. The van der Waals surface area contributed by atoms with Gasteiger partial charge >= 0.3 is 0 Å². The smallest absolute Gasteiger partial charge is 0.293 e. The maximum atomic E-state index is 11.9. The number of ketones is 1. The fraction of sp³-hybridized carbons (Fsp3) is 0.667. The van der Waals surface area contributed by atoms with Gasteiger partial charge in [0.1, 0.15) is 5.60 Å². The number of Topliss-reactive ketones (excluding diaryl/α,β-unsaturated/α-hetero) is 1. The Hall–Kier alpha value is -1.20. The van der Waals surface area contributed by atoms with E-state index < -0.39 is 23.2 Å². The molecule has 2 atom stereocenters. The van der Waals surface area contributed by atoms with Crippen molar-refractivity contribution in [3.05, 3.63) is 12.7 Å². The zero-order valence-corrected chi connectivity index (χ0v) is 10.3. The Kier molecular flexibility index (Phi) is 4.42. The molecule has 5 heteroatoms. The molecule has 0 spiro atoms. The Balaban J connectivity index is 2.74. The Morgan fingerprint density at radius 1 is 1.47 bits per heavy atom. The van der Waals surface area contributed by atoms with Gasteiger partial charge in [0, 0.05) is 19.0 Å². The first-order valence-corrected chi connectivity index (χ1v) is 5.67. The molecule has 0 bridgehead atoms. The minimum Gasteiger partial charge on any atom is -0.381 e. The maximum absolute atomic E-state index is 11.9. The van der Waals surface area contributed by atoms with E-state index in [4.69, 9.17) is 4.74 Å². The predicted octanol–water partition coefficient (Wildman–Crippen LogP) is -0.0126. The number of aliphatic hydroxyl groups is 1. The highest BCUT2D eigenvalue weighted by Gasteiger charge is 2.41. The average molecular weight is 241 g/mol. The van der Waals surface area contributed by atoms with Crippen molar-refractivity contribution in [2.45, 2.75) is 19.4 Å². The van der Waals surface area contributed by atoms with Gasteiger partial charge in [-0.15, -0.1) is 6.58 Å². The topological polar surface area (TPSA) is 66.8 Å². The molecule has 0 radical (unpaired) electrons. The second-order valence-corrected chi connectivity index (χ2v) is 4.41. The zero-order valence-electron chi connectivity index (χ0n) is 10.3. The summed E-state index contributed by atoms with van der Waals surface area (Å²) in [4.78, 5) is 25.2. The minimum atomic E-state index is -1.70. The van der Waals surface area contributed by atoms with E-state index in [1.807, 2.05) is 0 Å².